The van der Waals surface area contributed by atoms with E-state index in [9.17, 15) is 4.79 Å². The van der Waals surface area contributed by atoms with Gasteiger partial charge in [0.25, 0.3) is 0 Å². The minimum atomic E-state index is -0.482. The highest BCUT2D eigenvalue weighted by Crippen LogP contribution is 2.35. The standard InChI is InChI=1S/C15H17N5O2/c1-8-12(14(16)21)13(10-4-6-11(22-3)7-5-10)20-15(17-8)18-9(2)19-20/h4-7,13H,1-3H3,(H2,16,21)(H,17,18,19). The maximum absolute atomic E-state index is 11.9. The molecule has 1 aromatic heterocycles. The Kier molecular flexibility index (Phi) is 3.32. The number of allylic oxidation sites excluding steroid dienone is 1. The lowest BCUT2D eigenvalue weighted by Crippen LogP contribution is -2.31. The van der Waals surface area contributed by atoms with Crippen LogP contribution in [0, 0.1) is 6.92 Å². The van der Waals surface area contributed by atoms with E-state index in [1.54, 1.807) is 18.7 Å². The van der Waals surface area contributed by atoms with E-state index >= 15 is 0 Å². The summed E-state index contributed by atoms with van der Waals surface area (Å²) in [5.74, 6) is 1.49. The third kappa shape index (κ3) is 2.20. The van der Waals surface area contributed by atoms with Crippen molar-refractivity contribution in [3.8, 4) is 5.75 Å². The van der Waals surface area contributed by atoms with E-state index < -0.39 is 11.9 Å². The van der Waals surface area contributed by atoms with Crippen LogP contribution in [-0.2, 0) is 4.79 Å². The summed E-state index contributed by atoms with van der Waals surface area (Å²) < 4.78 is 6.86. The van der Waals surface area contributed by atoms with Crippen molar-refractivity contribution in [3.05, 3.63) is 46.9 Å². The van der Waals surface area contributed by atoms with Gasteiger partial charge in [-0.3, -0.25) is 4.79 Å². The molecule has 7 heteroatoms. The molecule has 0 aliphatic carbocycles. The smallest absolute Gasteiger partial charge is 0.248 e. The van der Waals surface area contributed by atoms with Gasteiger partial charge in [0.15, 0.2) is 0 Å². The highest BCUT2D eigenvalue weighted by atomic mass is 16.5. The number of primary amides is 1. The average Bonchev–Trinajstić information content (AvgIpc) is 2.85. The van der Waals surface area contributed by atoms with Crippen molar-refractivity contribution in [1.29, 1.82) is 0 Å². The largest absolute Gasteiger partial charge is 0.497 e. The lowest BCUT2D eigenvalue weighted by molar-refractivity contribution is -0.115. The number of benzene rings is 1. The van der Waals surface area contributed by atoms with E-state index in [1.807, 2.05) is 31.2 Å². The Hall–Kier alpha value is -2.83. The van der Waals surface area contributed by atoms with Gasteiger partial charge in [0.1, 0.15) is 17.6 Å². The number of aryl methyl sites for hydroxylation is 1. The number of amides is 1. The molecule has 3 N–H and O–H groups in total. The number of carbonyl (C=O) groups excluding carboxylic acids is 1. The van der Waals surface area contributed by atoms with Gasteiger partial charge in [0, 0.05) is 5.70 Å². The Labute approximate surface area is 127 Å². The Morgan fingerprint density at radius 2 is 2.00 bits per heavy atom. The van der Waals surface area contributed by atoms with Crippen molar-refractivity contribution in [2.75, 3.05) is 12.4 Å². The second-order valence-corrected chi connectivity index (χ2v) is 5.13. The lowest BCUT2D eigenvalue weighted by atomic mass is 9.95. The molecule has 2 heterocycles. The van der Waals surface area contributed by atoms with E-state index in [-0.39, 0.29) is 0 Å². The molecule has 0 saturated heterocycles. The molecule has 0 saturated carbocycles. The summed E-state index contributed by atoms with van der Waals surface area (Å²) in [5, 5.41) is 7.47. The monoisotopic (exact) mass is 299 g/mol. The molecular formula is C15H17N5O2. The fourth-order valence-corrected chi connectivity index (χ4v) is 2.67. The topological polar surface area (TPSA) is 95.1 Å². The molecule has 3 rings (SSSR count). The third-order valence-electron chi connectivity index (χ3n) is 3.66. The summed E-state index contributed by atoms with van der Waals surface area (Å²) in [7, 11) is 1.61. The van der Waals surface area contributed by atoms with Gasteiger partial charge in [-0.05, 0) is 31.5 Å². The van der Waals surface area contributed by atoms with E-state index in [0.717, 1.165) is 11.3 Å². The second kappa shape index (κ2) is 5.18. The first kappa shape index (κ1) is 14.1. The fraction of sp³-hybridized carbons (Fsp3) is 0.267. The van der Waals surface area contributed by atoms with Crippen LogP contribution in [0.25, 0.3) is 0 Å². The van der Waals surface area contributed by atoms with Crippen molar-refractivity contribution in [1.82, 2.24) is 14.8 Å². The molecule has 7 nitrogen and oxygen atoms in total. The summed E-state index contributed by atoms with van der Waals surface area (Å²) in [6, 6.07) is 7.07. The first-order valence-corrected chi connectivity index (χ1v) is 6.86. The highest BCUT2D eigenvalue weighted by molar-refractivity contribution is 5.95. The van der Waals surface area contributed by atoms with Crippen LogP contribution in [0.1, 0.15) is 24.4 Å². The summed E-state index contributed by atoms with van der Waals surface area (Å²) in [6.07, 6.45) is 0. The Balaban J connectivity index is 2.16. The van der Waals surface area contributed by atoms with Crippen LogP contribution < -0.4 is 15.8 Å². The van der Waals surface area contributed by atoms with Crippen LogP contribution >= 0.6 is 0 Å². The summed E-state index contributed by atoms with van der Waals surface area (Å²) >= 11 is 0. The minimum Gasteiger partial charge on any atom is -0.497 e. The molecule has 1 atom stereocenters. The number of carbonyl (C=O) groups is 1. The number of aromatic nitrogens is 3. The summed E-state index contributed by atoms with van der Waals surface area (Å²) in [6.45, 7) is 3.61. The molecule has 114 valence electrons. The first-order chi connectivity index (χ1) is 10.5. The SMILES string of the molecule is COc1ccc(C2C(C(N)=O)=C(C)Nc3nc(C)nn32)cc1. The average molecular weight is 299 g/mol. The van der Waals surface area contributed by atoms with Gasteiger partial charge in [-0.1, -0.05) is 12.1 Å². The summed E-state index contributed by atoms with van der Waals surface area (Å²) in [5.41, 5.74) is 7.64. The van der Waals surface area contributed by atoms with Gasteiger partial charge in [-0.25, -0.2) is 4.68 Å². The van der Waals surface area contributed by atoms with E-state index in [1.165, 1.54) is 0 Å². The van der Waals surface area contributed by atoms with Crippen LogP contribution in [0.15, 0.2) is 35.5 Å². The predicted molar refractivity (Wildman–Crippen MR) is 81.4 cm³/mol. The molecular weight excluding hydrogens is 282 g/mol. The number of ether oxygens (including phenoxy) is 1. The Bertz CT molecular complexity index is 761. The van der Waals surface area contributed by atoms with Crippen molar-refractivity contribution < 1.29 is 9.53 Å². The van der Waals surface area contributed by atoms with Gasteiger partial charge in [-0.15, -0.1) is 0 Å². The third-order valence-corrected chi connectivity index (χ3v) is 3.66. The van der Waals surface area contributed by atoms with Gasteiger partial charge >= 0.3 is 0 Å². The fourth-order valence-electron chi connectivity index (χ4n) is 2.67. The zero-order valence-electron chi connectivity index (χ0n) is 12.6. The van der Waals surface area contributed by atoms with Crippen LogP contribution in [0.2, 0.25) is 0 Å². The minimum absolute atomic E-state index is 0.402. The van der Waals surface area contributed by atoms with Gasteiger partial charge in [0.05, 0.1) is 12.7 Å². The van der Waals surface area contributed by atoms with E-state index in [0.29, 0.717) is 23.0 Å². The zero-order chi connectivity index (χ0) is 15.9. The molecule has 1 amide bonds. The molecule has 0 spiro atoms. The number of anilines is 1. The Morgan fingerprint density at radius 1 is 1.32 bits per heavy atom. The number of methoxy groups -OCH3 is 1. The van der Waals surface area contributed by atoms with Gasteiger partial charge in [0.2, 0.25) is 11.9 Å². The molecule has 0 fully saturated rings. The second-order valence-electron chi connectivity index (χ2n) is 5.13. The Morgan fingerprint density at radius 3 is 2.59 bits per heavy atom. The number of fused-ring (bicyclic) bond motifs is 1. The highest BCUT2D eigenvalue weighted by Gasteiger charge is 2.32. The van der Waals surface area contributed by atoms with Crippen molar-refractivity contribution >= 4 is 11.9 Å². The molecule has 22 heavy (non-hydrogen) atoms. The number of hydrogen-bond donors (Lipinski definition) is 2. The molecule has 1 aromatic carbocycles. The normalized spacial score (nSPS) is 17.0. The number of nitrogens with zero attached hydrogens (tertiary/aromatic N) is 3. The quantitative estimate of drug-likeness (QED) is 0.892. The molecule has 1 unspecified atom stereocenters. The van der Waals surface area contributed by atoms with Crippen molar-refractivity contribution in [2.24, 2.45) is 5.73 Å². The van der Waals surface area contributed by atoms with Crippen LogP contribution in [0.5, 0.6) is 5.75 Å². The predicted octanol–water partition coefficient (Wildman–Crippen LogP) is 1.37. The van der Waals surface area contributed by atoms with Crippen LogP contribution in [0.4, 0.5) is 5.95 Å². The maximum atomic E-state index is 11.9. The van der Waals surface area contributed by atoms with Crippen LogP contribution in [-0.4, -0.2) is 27.8 Å². The number of nitrogens with one attached hydrogen (secondary N) is 1. The van der Waals surface area contributed by atoms with Crippen molar-refractivity contribution in [3.63, 3.8) is 0 Å². The van der Waals surface area contributed by atoms with Crippen LogP contribution in [0.3, 0.4) is 0 Å². The number of nitrogens with two attached hydrogens (primary N) is 1. The first-order valence-electron chi connectivity index (χ1n) is 6.86. The van der Waals surface area contributed by atoms with Gasteiger partial charge < -0.3 is 15.8 Å². The molecule has 1 aliphatic heterocycles. The lowest BCUT2D eigenvalue weighted by Gasteiger charge is -2.27. The maximum Gasteiger partial charge on any atom is 0.248 e. The number of hydrogen-bond acceptors (Lipinski definition) is 5. The number of rotatable bonds is 3. The van der Waals surface area contributed by atoms with E-state index in [4.69, 9.17) is 10.5 Å². The molecule has 0 bridgehead atoms. The van der Waals surface area contributed by atoms with Gasteiger partial charge in [-0.2, -0.15) is 10.1 Å². The molecule has 0 radical (unpaired) electrons. The summed E-state index contributed by atoms with van der Waals surface area (Å²) in [4.78, 5) is 16.3. The molecule has 2 aromatic rings. The molecule has 1 aliphatic rings. The van der Waals surface area contributed by atoms with Crippen molar-refractivity contribution in [2.45, 2.75) is 19.9 Å². The zero-order valence-corrected chi connectivity index (χ0v) is 12.6. The van der Waals surface area contributed by atoms with E-state index in [2.05, 4.69) is 15.4 Å².